The normalized spacial score (nSPS) is 10.7. The molecule has 30 heavy (non-hydrogen) atoms. The molecule has 7 nitrogen and oxygen atoms in total. The number of rotatable bonds is 7. The summed E-state index contributed by atoms with van der Waals surface area (Å²) in [6, 6.07) is 17.2. The van der Waals surface area contributed by atoms with Gasteiger partial charge in [0.15, 0.2) is 5.69 Å². The third kappa shape index (κ3) is 4.57. The summed E-state index contributed by atoms with van der Waals surface area (Å²) in [4.78, 5) is 12.8. The molecule has 1 N–H and O–H groups in total. The fraction of sp³-hybridized carbons (Fsp3) is 0.174. The van der Waals surface area contributed by atoms with Crippen molar-refractivity contribution in [1.82, 2.24) is 14.9 Å². The van der Waals surface area contributed by atoms with Gasteiger partial charge in [-0.2, -0.15) is 5.10 Å². The Balaban J connectivity index is 1.45. The molecule has 0 unspecified atom stereocenters. The number of benzene rings is 2. The second kappa shape index (κ2) is 8.65. The minimum atomic E-state index is -0.342. The number of aromatic nitrogens is 3. The van der Waals surface area contributed by atoms with E-state index >= 15 is 0 Å². The molecule has 0 aliphatic carbocycles. The van der Waals surface area contributed by atoms with Crippen molar-refractivity contribution in [3.05, 3.63) is 95.1 Å². The molecule has 2 heterocycles. The van der Waals surface area contributed by atoms with Crippen molar-refractivity contribution in [2.45, 2.75) is 27.0 Å². The second-order valence-electron chi connectivity index (χ2n) is 7.03. The maximum Gasteiger partial charge on any atom is 0.278 e. The first-order valence-electron chi connectivity index (χ1n) is 9.61. The molecular formula is C23H22N4O3. The van der Waals surface area contributed by atoms with Crippen LogP contribution in [0.1, 0.15) is 32.9 Å². The quantitative estimate of drug-likeness (QED) is 0.496. The SMILES string of the molecule is Cc1ccc(OCc2c(C(=O)Nc3cccc(Cn4cccn4)c3)noc2C)cc1. The van der Waals surface area contributed by atoms with E-state index < -0.39 is 0 Å². The number of nitrogens with zero attached hydrogens (tertiary/aromatic N) is 3. The van der Waals surface area contributed by atoms with Gasteiger partial charge >= 0.3 is 0 Å². The standard InChI is InChI=1S/C23H22N4O3/c1-16-7-9-20(10-8-16)29-15-21-17(2)30-26-22(21)23(28)25-19-6-3-5-18(13-19)14-27-12-4-11-24-27/h3-13H,14-15H2,1-2H3,(H,25,28). The Hall–Kier alpha value is -3.87. The Bertz CT molecular complexity index is 1130. The number of aryl methyl sites for hydroxylation is 2. The van der Waals surface area contributed by atoms with E-state index in [1.54, 1.807) is 13.1 Å². The van der Waals surface area contributed by atoms with E-state index in [1.165, 1.54) is 0 Å². The summed E-state index contributed by atoms with van der Waals surface area (Å²) >= 11 is 0. The number of amides is 1. The van der Waals surface area contributed by atoms with Crippen LogP contribution in [-0.2, 0) is 13.2 Å². The van der Waals surface area contributed by atoms with Crippen LogP contribution < -0.4 is 10.1 Å². The molecular weight excluding hydrogens is 380 g/mol. The molecule has 0 saturated carbocycles. The van der Waals surface area contributed by atoms with Crippen LogP contribution in [0.25, 0.3) is 0 Å². The number of ether oxygens (including phenoxy) is 1. The van der Waals surface area contributed by atoms with Gasteiger partial charge < -0.3 is 14.6 Å². The molecule has 0 fully saturated rings. The molecule has 0 saturated heterocycles. The van der Waals surface area contributed by atoms with Crippen LogP contribution in [0.3, 0.4) is 0 Å². The Morgan fingerprint density at radius 2 is 1.97 bits per heavy atom. The summed E-state index contributed by atoms with van der Waals surface area (Å²) < 4.78 is 12.9. The van der Waals surface area contributed by atoms with Gasteiger partial charge in [0.05, 0.1) is 12.1 Å². The van der Waals surface area contributed by atoms with Crippen LogP contribution in [0.4, 0.5) is 5.69 Å². The zero-order valence-electron chi connectivity index (χ0n) is 16.8. The lowest BCUT2D eigenvalue weighted by Crippen LogP contribution is -2.15. The molecule has 7 heteroatoms. The predicted octanol–water partition coefficient (Wildman–Crippen LogP) is 4.37. The number of hydrogen-bond acceptors (Lipinski definition) is 5. The molecule has 1 amide bonds. The minimum absolute atomic E-state index is 0.195. The highest BCUT2D eigenvalue weighted by atomic mass is 16.5. The molecule has 0 radical (unpaired) electrons. The molecule has 0 atom stereocenters. The van der Waals surface area contributed by atoms with E-state index in [-0.39, 0.29) is 18.2 Å². The van der Waals surface area contributed by atoms with Gasteiger partial charge in [0.2, 0.25) is 0 Å². The summed E-state index contributed by atoms with van der Waals surface area (Å²) in [5.41, 5.74) is 3.70. The molecule has 4 rings (SSSR count). The topological polar surface area (TPSA) is 82.2 Å². The van der Waals surface area contributed by atoms with E-state index in [2.05, 4.69) is 15.6 Å². The van der Waals surface area contributed by atoms with Crippen molar-refractivity contribution < 1.29 is 14.1 Å². The highest BCUT2D eigenvalue weighted by Gasteiger charge is 2.20. The van der Waals surface area contributed by atoms with Gasteiger partial charge in [-0.05, 0) is 49.7 Å². The van der Waals surface area contributed by atoms with Crippen LogP contribution in [0.2, 0.25) is 0 Å². The third-order valence-electron chi connectivity index (χ3n) is 4.69. The zero-order valence-corrected chi connectivity index (χ0v) is 16.8. The van der Waals surface area contributed by atoms with Crippen molar-refractivity contribution >= 4 is 11.6 Å². The van der Waals surface area contributed by atoms with Gasteiger partial charge in [-0.1, -0.05) is 35.0 Å². The molecule has 4 aromatic rings. The van der Waals surface area contributed by atoms with Gasteiger partial charge in [-0.3, -0.25) is 9.48 Å². The van der Waals surface area contributed by atoms with Gasteiger partial charge in [-0.25, -0.2) is 0 Å². The largest absolute Gasteiger partial charge is 0.489 e. The van der Waals surface area contributed by atoms with Crippen LogP contribution in [-0.4, -0.2) is 20.8 Å². The summed E-state index contributed by atoms with van der Waals surface area (Å²) in [6.07, 6.45) is 3.63. The average Bonchev–Trinajstić information content (AvgIpc) is 3.37. The lowest BCUT2D eigenvalue weighted by molar-refractivity contribution is 0.101. The fourth-order valence-electron chi connectivity index (χ4n) is 3.05. The maximum absolute atomic E-state index is 12.8. The Morgan fingerprint density at radius 3 is 2.73 bits per heavy atom. The fourth-order valence-corrected chi connectivity index (χ4v) is 3.05. The average molecular weight is 402 g/mol. The number of nitrogens with one attached hydrogen (secondary N) is 1. The maximum atomic E-state index is 12.8. The Morgan fingerprint density at radius 1 is 1.13 bits per heavy atom. The summed E-state index contributed by atoms with van der Waals surface area (Å²) in [7, 11) is 0. The molecule has 0 aliphatic heterocycles. The van der Waals surface area contributed by atoms with Crippen LogP contribution in [0.5, 0.6) is 5.75 Å². The molecule has 152 valence electrons. The third-order valence-corrected chi connectivity index (χ3v) is 4.69. The summed E-state index contributed by atoms with van der Waals surface area (Å²) in [6.45, 7) is 4.60. The Kier molecular flexibility index (Phi) is 5.61. The second-order valence-corrected chi connectivity index (χ2v) is 7.03. The van der Waals surface area contributed by atoms with E-state index in [4.69, 9.17) is 9.26 Å². The number of anilines is 1. The lowest BCUT2D eigenvalue weighted by atomic mass is 10.1. The molecule has 2 aromatic carbocycles. The number of carbonyl (C=O) groups is 1. The van der Waals surface area contributed by atoms with Crippen LogP contribution in [0.15, 0.2) is 71.5 Å². The number of carbonyl (C=O) groups excluding carboxylic acids is 1. The van der Waals surface area contributed by atoms with Crippen molar-refractivity contribution in [3.63, 3.8) is 0 Å². The highest BCUT2D eigenvalue weighted by molar-refractivity contribution is 6.03. The Labute approximate surface area is 174 Å². The van der Waals surface area contributed by atoms with Crippen molar-refractivity contribution in [3.8, 4) is 5.75 Å². The predicted molar refractivity (Wildman–Crippen MR) is 112 cm³/mol. The molecule has 0 bridgehead atoms. The zero-order chi connectivity index (χ0) is 20.9. The molecule has 0 spiro atoms. The van der Waals surface area contributed by atoms with Crippen molar-refractivity contribution in [2.24, 2.45) is 0 Å². The van der Waals surface area contributed by atoms with E-state index in [0.29, 0.717) is 23.6 Å². The molecule has 2 aromatic heterocycles. The lowest BCUT2D eigenvalue weighted by Gasteiger charge is -2.09. The smallest absolute Gasteiger partial charge is 0.278 e. The van der Waals surface area contributed by atoms with Gasteiger partial charge in [0, 0.05) is 18.1 Å². The van der Waals surface area contributed by atoms with E-state index in [9.17, 15) is 4.79 Å². The highest BCUT2D eigenvalue weighted by Crippen LogP contribution is 2.20. The van der Waals surface area contributed by atoms with E-state index in [1.807, 2.05) is 72.4 Å². The van der Waals surface area contributed by atoms with Gasteiger partial charge in [0.25, 0.3) is 5.91 Å². The van der Waals surface area contributed by atoms with Gasteiger partial charge in [0.1, 0.15) is 18.1 Å². The molecule has 0 aliphatic rings. The minimum Gasteiger partial charge on any atom is -0.489 e. The van der Waals surface area contributed by atoms with Crippen molar-refractivity contribution in [2.75, 3.05) is 5.32 Å². The monoisotopic (exact) mass is 402 g/mol. The summed E-state index contributed by atoms with van der Waals surface area (Å²) in [5.74, 6) is 0.934. The van der Waals surface area contributed by atoms with Gasteiger partial charge in [-0.15, -0.1) is 0 Å². The first kappa shape index (κ1) is 19.4. The van der Waals surface area contributed by atoms with Crippen LogP contribution in [0, 0.1) is 13.8 Å². The van der Waals surface area contributed by atoms with Crippen molar-refractivity contribution in [1.29, 1.82) is 0 Å². The summed E-state index contributed by atoms with van der Waals surface area (Å²) in [5, 5.41) is 11.0. The number of hydrogen-bond donors (Lipinski definition) is 1. The van der Waals surface area contributed by atoms with E-state index in [0.717, 1.165) is 16.9 Å². The first-order valence-corrected chi connectivity index (χ1v) is 9.61. The first-order chi connectivity index (χ1) is 14.6. The van der Waals surface area contributed by atoms with Crippen LogP contribution >= 0.6 is 0 Å².